The van der Waals surface area contributed by atoms with Crippen molar-refractivity contribution in [3.05, 3.63) is 36.0 Å². The van der Waals surface area contributed by atoms with Crippen molar-refractivity contribution in [3.8, 4) is 0 Å². The minimum absolute atomic E-state index is 0.101. The van der Waals surface area contributed by atoms with Crippen molar-refractivity contribution in [1.82, 2.24) is 0 Å². The molecule has 1 N–H and O–H groups in total. The number of allylic oxidation sites excluding steroid dienone is 5. The molecule has 0 aromatic carbocycles. The molecule has 0 saturated heterocycles. The van der Waals surface area contributed by atoms with Gasteiger partial charge >= 0.3 is 0 Å². The standard InChI is InChI=1S/C19H30O2/c1-8-9-19(10-11-20)12-14(17(2,3)4)16(21)15(13-19)18(5,6)7/h8,12-13,20H,1,9-11H2,2-7H3. The molecule has 0 fully saturated rings. The molecule has 118 valence electrons. The Kier molecular flexibility index (Phi) is 5.05. The second kappa shape index (κ2) is 5.92. The van der Waals surface area contributed by atoms with Crippen molar-refractivity contribution in [2.75, 3.05) is 6.61 Å². The van der Waals surface area contributed by atoms with Gasteiger partial charge in [-0.25, -0.2) is 0 Å². The van der Waals surface area contributed by atoms with Crippen LogP contribution in [0.4, 0.5) is 0 Å². The first-order valence-corrected chi connectivity index (χ1v) is 7.70. The third kappa shape index (κ3) is 3.94. The Bertz CT molecular complexity index is 445. The molecule has 0 saturated carbocycles. The summed E-state index contributed by atoms with van der Waals surface area (Å²) in [5.74, 6) is 0.146. The van der Waals surface area contributed by atoms with E-state index in [1.807, 2.05) is 6.08 Å². The fraction of sp³-hybridized carbons (Fsp3) is 0.632. The topological polar surface area (TPSA) is 37.3 Å². The van der Waals surface area contributed by atoms with Gasteiger partial charge in [-0.05, 0) is 23.7 Å². The van der Waals surface area contributed by atoms with E-state index in [0.717, 1.165) is 17.6 Å². The molecule has 0 aromatic heterocycles. The molecule has 21 heavy (non-hydrogen) atoms. The maximum atomic E-state index is 12.9. The Labute approximate surface area is 129 Å². The van der Waals surface area contributed by atoms with E-state index in [4.69, 9.17) is 0 Å². The van der Waals surface area contributed by atoms with Crippen molar-refractivity contribution in [2.45, 2.75) is 54.4 Å². The molecular weight excluding hydrogens is 260 g/mol. The molecule has 0 amide bonds. The average molecular weight is 290 g/mol. The third-order valence-corrected chi connectivity index (χ3v) is 4.07. The second-order valence-corrected chi connectivity index (χ2v) is 8.14. The van der Waals surface area contributed by atoms with Gasteiger partial charge in [0.2, 0.25) is 0 Å². The number of aliphatic hydroxyl groups is 1. The van der Waals surface area contributed by atoms with Crippen LogP contribution in [0.3, 0.4) is 0 Å². The highest BCUT2D eigenvalue weighted by atomic mass is 16.3. The molecule has 0 unspecified atom stereocenters. The van der Waals surface area contributed by atoms with Crippen LogP contribution >= 0.6 is 0 Å². The molecule has 0 spiro atoms. The molecule has 0 aliphatic heterocycles. The predicted octanol–water partition coefficient (Wildman–Crippen LogP) is 4.46. The molecule has 1 aliphatic rings. The summed E-state index contributed by atoms with van der Waals surface area (Å²) in [6.45, 7) is 16.4. The van der Waals surface area contributed by atoms with Gasteiger partial charge in [-0.2, -0.15) is 0 Å². The van der Waals surface area contributed by atoms with Crippen LogP contribution in [-0.2, 0) is 4.79 Å². The first-order chi connectivity index (χ1) is 9.47. The summed E-state index contributed by atoms with van der Waals surface area (Å²) >= 11 is 0. The zero-order valence-electron chi connectivity index (χ0n) is 14.4. The molecule has 0 radical (unpaired) electrons. The SMILES string of the molecule is C=CCC1(CCO)C=C(C(C)(C)C)C(=O)C(C(C)(C)C)=C1. The summed E-state index contributed by atoms with van der Waals surface area (Å²) in [5, 5.41) is 9.48. The molecule has 0 heterocycles. The quantitative estimate of drug-likeness (QED) is 0.776. The Morgan fingerprint density at radius 2 is 1.52 bits per heavy atom. The number of carbonyl (C=O) groups is 1. The highest BCUT2D eigenvalue weighted by molar-refractivity contribution is 6.10. The normalized spacial score (nSPS) is 19.1. The molecule has 0 bridgehead atoms. The van der Waals surface area contributed by atoms with Gasteiger partial charge in [0, 0.05) is 23.2 Å². The van der Waals surface area contributed by atoms with Gasteiger partial charge in [0.15, 0.2) is 5.78 Å². The smallest absolute Gasteiger partial charge is 0.185 e. The number of carbonyl (C=O) groups excluding carboxylic acids is 1. The first kappa shape index (κ1) is 17.9. The maximum Gasteiger partial charge on any atom is 0.185 e. The summed E-state index contributed by atoms with van der Waals surface area (Å²) in [5.41, 5.74) is 0.999. The van der Waals surface area contributed by atoms with Crippen LogP contribution in [0.2, 0.25) is 0 Å². The monoisotopic (exact) mass is 290 g/mol. The minimum Gasteiger partial charge on any atom is -0.396 e. The van der Waals surface area contributed by atoms with Crippen LogP contribution in [0, 0.1) is 16.2 Å². The van der Waals surface area contributed by atoms with Gasteiger partial charge in [-0.15, -0.1) is 6.58 Å². The van der Waals surface area contributed by atoms with Crippen LogP contribution < -0.4 is 0 Å². The van der Waals surface area contributed by atoms with E-state index in [0.29, 0.717) is 6.42 Å². The van der Waals surface area contributed by atoms with Gasteiger partial charge in [-0.3, -0.25) is 4.79 Å². The number of aliphatic hydroxyl groups excluding tert-OH is 1. The Hall–Kier alpha value is -1.15. The Morgan fingerprint density at radius 1 is 1.10 bits per heavy atom. The number of rotatable bonds is 4. The van der Waals surface area contributed by atoms with Gasteiger partial charge in [-0.1, -0.05) is 59.8 Å². The van der Waals surface area contributed by atoms with Crippen molar-refractivity contribution >= 4 is 5.78 Å². The number of hydrogen-bond acceptors (Lipinski definition) is 2. The van der Waals surface area contributed by atoms with E-state index in [-0.39, 0.29) is 28.6 Å². The predicted molar refractivity (Wildman–Crippen MR) is 89.0 cm³/mol. The van der Waals surface area contributed by atoms with Crippen LogP contribution in [-0.4, -0.2) is 17.5 Å². The third-order valence-electron chi connectivity index (χ3n) is 4.07. The molecule has 0 aromatic rings. The van der Waals surface area contributed by atoms with Crippen molar-refractivity contribution < 1.29 is 9.90 Å². The number of hydrogen-bond donors (Lipinski definition) is 1. The van der Waals surface area contributed by atoms with Crippen LogP contribution in [0.1, 0.15) is 54.4 Å². The van der Waals surface area contributed by atoms with E-state index in [9.17, 15) is 9.90 Å². The zero-order valence-corrected chi connectivity index (χ0v) is 14.4. The van der Waals surface area contributed by atoms with E-state index in [2.05, 4.69) is 60.3 Å². The summed E-state index contributed by atoms with van der Waals surface area (Å²) in [6.07, 6.45) is 7.37. The average Bonchev–Trinajstić information content (AvgIpc) is 2.30. The Morgan fingerprint density at radius 3 is 1.81 bits per heavy atom. The molecule has 1 rings (SSSR count). The largest absolute Gasteiger partial charge is 0.396 e. The minimum atomic E-state index is -0.296. The molecule has 2 nitrogen and oxygen atoms in total. The Balaban J connectivity index is 3.52. The first-order valence-electron chi connectivity index (χ1n) is 7.70. The van der Waals surface area contributed by atoms with Gasteiger partial charge in [0.1, 0.15) is 0 Å². The summed E-state index contributed by atoms with van der Waals surface area (Å²) in [6, 6.07) is 0. The molecular formula is C19H30O2. The van der Waals surface area contributed by atoms with Crippen LogP contribution in [0.15, 0.2) is 36.0 Å². The fourth-order valence-electron chi connectivity index (χ4n) is 2.85. The summed E-state index contributed by atoms with van der Waals surface area (Å²) in [4.78, 5) is 12.9. The van der Waals surface area contributed by atoms with Gasteiger partial charge in [0.05, 0.1) is 0 Å². The summed E-state index contributed by atoms with van der Waals surface area (Å²) < 4.78 is 0. The lowest BCUT2D eigenvalue weighted by atomic mass is 9.64. The van der Waals surface area contributed by atoms with Gasteiger partial charge < -0.3 is 5.11 Å². The molecule has 0 atom stereocenters. The fourth-order valence-corrected chi connectivity index (χ4v) is 2.85. The lowest BCUT2D eigenvalue weighted by Crippen LogP contribution is -2.34. The van der Waals surface area contributed by atoms with E-state index in [1.165, 1.54) is 0 Å². The van der Waals surface area contributed by atoms with E-state index >= 15 is 0 Å². The lowest BCUT2D eigenvalue weighted by molar-refractivity contribution is -0.114. The number of Topliss-reactive ketones (excluding diaryl/α,β-unsaturated/α-hetero) is 1. The summed E-state index contributed by atoms with van der Waals surface area (Å²) in [7, 11) is 0. The number of ketones is 1. The highest BCUT2D eigenvalue weighted by Crippen LogP contribution is 2.46. The zero-order chi connectivity index (χ0) is 16.5. The van der Waals surface area contributed by atoms with Crippen molar-refractivity contribution in [2.24, 2.45) is 16.2 Å². The van der Waals surface area contributed by atoms with Crippen molar-refractivity contribution in [1.29, 1.82) is 0 Å². The van der Waals surface area contributed by atoms with Crippen LogP contribution in [0.5, 0.6) is 0 Å². The molecule has 1 aliphatic carbocycles. The molecule has 2 heteroatoms. The lowest BCUT2D eigenvalue weighted by Gasteiger charge is -2.39. The van der Waals surface area contributed by atoms with E-state index in [1.54, 1.807) is 0 Å². The van der Waals surface area contributed by atoms with E-state index < -0.39 is 0 Å². The van der Waals surface area contributed by atoms with Crippen LogP contribution in [0.25, 0.3) is 0 Å². The maximum absolute atomic E-state index is 12.9. The second-order valence-electron chi connectivity index (χ2n) is 8.14. The van der Waals surface area contributed by atoms with Gasteiger partial charge in [0.25, 0.3) is 0 Å². The highest BCUT2D eigenvalue weighted by Gasteiger charge is 2.40. The van der Waals surface area contributed by atoms with Crippen molar-refractivity contribution in [3.63, 3.8) is 0 Å².